The van der Waals surface area contributed by atoms with E-state index < -0.39 is 0 Å². The Bertz CT molecular complexity index is 1230. The maximum atomic E-state index is 13.8. The van der Waals surface area contributed by atoms with Gasteiger partial charge in [0.1, 0.15) is 5.82 Å². The molecular weight excluding hydrogens is 285 g/mol. The molecule has 5 rings (SSSR count). The van der Waals surface area contributed by atoms with Crippen LogP contribution in [-0.2, 0) is 7.05 Å². The van der Waals surface area contributed by atoms with Crippen molar-refractivity contribution < 1.29 is 4.39 Å². The number of benzene rings is 4. The Morgan fingerprint density at radius 1 is 0.696 bits per heavy atom. The molecular formula is C21H14FN. The number of halogens is 1. The molecule has 0 aliphatic carbocycles. The molecule has 110 valence electrons. The van der Waals surface area contributed by atoms with E-state index in [2.05, 4.69) is 53.1 Å². The summed E-state index contributed by atoms with van der Waals surface area (Å²) in [6.45, 7) is 0. The van der Waals surface area contributed by atoms with Crippen molar-refractivity contribution >= 4 is 43.4 Å². The Morgan fingerprint density at radius 2 is 1.30 bits per heavy atom. The quantitative estimate of drug-likeness (QED) is 0.320. The number of fused-ring (bicyclic) bond motifs is 8. The zero-order valence-corrected chi connectivity index (χ0v) is 12.7. The molecule has 0 aliphatic rings. The summed E-state index contributed by atoms with van der Waals surface area (Å²) in [6, 6.07) is 22.0. The van der Waals surface area contributed by atoms with E-state index in [0.717, 1.165) is 10.9 Å². The first kappa shape index (κ1) is 12.7. The summed E-state index contributed by atoms with van der Waals surface area (Å²) >= 11 is 0. The zero-order valence-electron chi connectivity index (χ0n) is 12.7. The molecule has 0 saturated heterocycles. The third kappa shape index (κ3) is 1.55. The van der Waals surface area contributed by atoms with E-state index in [-0.39, 0.29) is 5.82 Å². The fourth-order valence-electron chi connectivity index (χ4n) is 3.86. The van der Waals surface area contributed by atoms with Crippen molar-refractivity contribution in [2.24, 2.45) is 7.05 Å². The second-order valence-electron chi connectivity index (χ2n) is 6.04. The van der Waals surface area contributed by atoms with E-state index in [4.69, 9.17) is 0 Å². The van der Waals surface area contributed by atoms with Crippen molar-refractivity contribution in [3.63, 3.8) is 0 Å². The second kappa shape index (κ2) is 4.32. The molecule has 1 aromatic heterocycles. The minimum Gasteiger partial charge on any atom is -0.343 e. The van der Waals surface area contributed by atoms with Gasteiger partial charge >= 0.3 is 0 Å². The summed E-state index contributed by atoms with van der Waals surface area (Å²) in [5, 5.41) is 7.22. The van der Waals surface area contributed by atoms with E-state index in [1.54, 1.807) is 12.1 Å². The van der Waals surface area contributed by atoms with Gasteiger partial charge in [-0.1, -0.05) is 48.5 Å². The molecule has 1 heterocycles. The fourth-order valence-corrected chi connectivity index (χ4v) is 3.86. The lowest BCUT2D eigenvalue weighted by molar-refractivity contribution is 0.629. The van der Waals surface area contributed by atoms with Crippen LogP contribution in [0.1, 0.15) is 0 Å². The van der Waals surface area contributed by atoms with Gasteiger partial charge in [-0.3, -0.25) is 0 Å². The number of rotatable bonds is 0. The summed E-state index contributed by atoms with van der Waals surface area (Å²) in [4.78, 5) is 0. The molecule has 0 amide bonds. The van der Waals surface area contributed by atoms with Gasteiger partial charge in [0.2, 0.25) is 0 Å². The van der Waals surface area contributed by atoms with E-state index >= 15 is 0 Å². The summed E-state index contributed by atoms with van der Waals surface area (Å²) in [6.07, 6.45) is 0. The lowest BCUT2D eigenvalue weighted by Gasteiger charge is -2.08. The Morgan fingerprint density at radius 3 is 2.04 bits per heavy atom. The molecule has 5 aromatic rings. The third-order valence-electron chi connectivity index (χ3n) is 4.83. The van der Waals surface area contributed by atoms with Gasteiger partial charge in [0.15, 0.2) is 0 Å². The predicted molar refractivity (Wildman–Crippen MR) is 95.4 cm³/mol. The molecule has 4 aromatic carbocycles. The maximum Gasteiger partial charge on any atom is 0.125 e. The van der Waals surface area contributed by atoms with E-state index in [0.29, 0.717) is 0 Å². The van der Waals surface area contributed by atoms with E-state index in [1.807, 2.05) is 13.1 Å². The predicted octanol–water partition coefficient (Wildman–Crippen LogP) is 5.78. The maximum absolute atomic E-state index is 13.8. The molecule has 0 N–H and O–H groups in total. The lowest BCUT2D eigenvalue weighted by Crippen LogP contribution is -1.89. The SMILES string of the molecule is Cn1c2cc(F)ccc2c2c3ccccc3c3ccccc3c21. The molecule has 0 radical (unpaired) electrons. The van der Waals surface area contributed by atoms with Gasteiger partial charge in [0.05, 0.1) is 11.0 Å². The number of aromatic nitrogens is 1. The highest BCUT2D eigenvalue weighted by Gasteiger charge is 2.15. The van der Waals surface area contributed by atoms with Gasteiger partial charge in [0.25, 0.3) is 0 Å². The van der Waals surface area contributed by atoms with Crippen molar-refractivity contribution in [2.45, 2.75) is 0 Å². The summed E-state index contributed by atoms with van der Waals surface area (Å²) in [7, 11) is 2.02. The van der Waals surface area contributed by atoms with Crippen molar-refractivity contribution in [3.05, 3.63) is 72.5 Å². The van der Waals surface area contributed by atoms with Crippen molar-refractivity contribution in [3.8, 4) is 0 Å². The summed E-state index contributed by atoms with van der Waals surface area (Å²) < 4.78 is 15.9. The van der Waals surface area contributed by atoms with E-state index in [1.165, 1.54) is 32.4 Å². The van der Waals surface area contributed by atoms with Gasteiger partial charge in [0, 0.05) is 23.2 Å². The largest absolute Gasteiger partial charge is 0.343 e. The van der Waals surface area contributed by atoms with Crippen molar-refractivity contribution in [1.29, 1.82) is 0 Å². The van der Waals surface area contributed by atoms with Crippen LogP contribution in [0, 0.1) is 5.82 Å². The average Bonchev–Trinajstić information content (AvgIpc) is 2.88. The van der Waals surface area contributed by atoms with Crippen LogP contribution in [0.25, 0.3) is 43.4 Å². The van der Waals surface area contributed by atoms with Gasteiger partial charge < -0.3 is 4.57 Å². The monoisotopic (exact) mass is 299 g/mol. The number of hydrogen-bond acceptors (Lipinski definition) is 0. The molecule has 0 spiro atoms. The molecule has 0 fully saturated rings. The highest BCUT2D eigenvalue weighted by atomic mass is 19.1. The molecule has 0 saturated carbocycles. The molecule has 23 heavy (non-hydrogen) atoms. The minimum absolute atomic E-state index is 0.197. The standard InChI is InChI=1S/C21H14FN/c1-23-19-12-13(22)10-11-18(19)20-16-8-4-2-6-14(16)15-7-3-5-9-17(15)21(20)23/h2-12H,1H3. The van der Waals surface area contributed by atoms with Gasteiger partial charge in [-0.2, -0.15) is 0 Å². The molecule has 0 unspecified atom stereocenters. The Kier molecular flexibility index (Phi) is 2.38. The van der Waals surface area contributed by atoms with Gasteiger partial charge in [-0.05, 0) is 34.4 Å². The van der Waals surface area contributed by atoms with Crippen molar-refractivity contribution in [1.82, 2.24) is 4.57 Å². The average molecular weight is 299 g/mol. The minimum atomic E-state index is -0.197. The molecule has 2 heteroatoms. The van der Waals surface area contributed by atoms with Crippen LogP contribution >= 0.6 is 0 Å². The Labute approximate surface area is 132 Å². The third-order valence-corrected chi connectivity index (χ3v) is 4.83. The highest BCUT2D eigenvalue weighted by molar-refractivity contribution is 6.31. The van der Waals surface area contributed by atoms with E-state index in [9.17, 15) is 4.39 Å². The summed E-state index contributed by atoms with van der Waals surface area (Å²) in [5.41, 5.74) is 2.10. The molecule has 0 atom stereocenters. The second-order valence-corrected chi connectivity index (χ2v) is 6.04. The number of nitrogens with zero attached hydrogens (tertiary/aromatic N) is 1. The summed E-state index contributed by atoms with van der Waals surface area (Å²) in [5.74, 6) is -0.197. The first-order valence-electron chi connectivity index (χ1n) is 7.73. The van der Waals surface area contributed by atoms with Gasteiger partial charge in [-0.25, -0.2) is 4.39 Å². The van der Waals surface area contributed by atoms with Crippen molar-refractivity contribution in [2.75, 3.05) is 0 Å². The van der Waals surface area contributed by atoms with Crippen LogP contribution in [0.4, 0.5) is 4.39 Å². The molecule has 0 bridgehead atoms. The Hall–Kier alpha value is -2.87. The number of hydrogen-bond donors (Lipinski definition) is 0. The van der Waals surface area contributed by atoms with Gasteiger partial charge in [-0.15, -0.1) is 0 Å². The smallest absolute Gasteiger partial charge is 0.125 e. The van der Waals surface area contributed by atoms with Crippen LogP contribution in [0.5, 0.6) is 0 Å². The number of aryl methyl sites for hydroxylation is 1. The highest BCUT2D eigenvalue weighted by Crippen LogP contribution is 2.40. The first-order valence-corrected chi connectivity index (χ1v) is 7.73. The normalized spacial score (nSPS) is 11.9. The van der Waals surface area contributed by atoms with Crippen LogP contribution < -0.4 is 0 Å². The first-order chi connectivity index (χ1) is 11.3. The van der Waals surface area contributed by atoms with Crippen LogP contribution in [0.3, 0.4) is 0 Å². The molecule has 0 aliphatic heterocycles. The van der Waals surface area contributed by atoms with Crippen LogP contribution in [0.15, 0.2) is 66.7 Å². The van der Waals surface area contributed by atoms with Crippen LogP contribution in [0.2, 0.25) is 0 Å². The fraction of sp³-hybridized carbons (Fsp3) is 0.0476. The lowest BCUT2D eigenvalue weighted by atomic mass is 9.97. The Balaban J connectivity index is 2.25. The van der Waals surface area contributed by atoms with Crippen LogP contribution in [-0.4, -0.2) is 4.57 Å². The molecule has 1 nitrogen and oxygen atoms in total. The zero-order chi connectivity index (χ0) is 15.6. The topological polar surface area (TPSA) is 4.93 Å².